The highest BCUT2D eigenvalue weighted by Gasteiger charge is 2.48. The van der Waals surface area contributed by atoms with Crippen molar-refractivity contribution in [3.05, 3.63) is 107 Å². The molecule has 1 saturated heterocycles. The summed E-state index contributed by atoms with van der Waals surface area (Å²) in [5.41, 5.74) is 2.01. The highest BCUT2D eigenvalue weighted by Crippen LogP contribution is 2.43. The normalized spacial score (nSPS) is 17.9. The van der Waals surface area contributed by atoms with E-state index in [1.54, 1.807) is 31.2 Å². The summed E-state index contributed by atoms with van der Waals surface area (Å²) in [6, 6.07) is 23.2. The number of rotatable bonds is 3. The minimum atomic E-state index is -0.864. The van der Waals surface area contributed by atoms with Crippen molar-refractivity contribution in [1.82, 2.24) is 0 Å². The Kier molecular flexibility index (Phi) is 4.67. The van der Waals surface area contributed by atoms with Gasteiger partial charge in [-0.1, -0.05) is 48.5 Å². The van der Waals surface area contributed by atoms with Gasteiger partial charge >= 0.3 is 0 Å². The number of ketones is 1. The highest BCUT2D eigenvalue weighted by atomic mass is 16.3. The highest BCUT2D eigenvalue weighted by molar-refractivity contribution is 6.51. The number of carbonyl (C=O) groups excluding carboxylic acids is 2. The van der Waals surface area contributed by atoms with Crippen LogP contribution in [0.25, 0.3) is 16.5 Å². The van der Waals surface area contributed by atoms with Crippen molar-refractivity contribution < 1.29 is 19.1 Å². The molecular formula is C27H21NO4. The predicted octanol–water partition coefficient (Wildman–Crippen LogP) is 5.68. The lowest BCUT2D eigenvalue weighted by atomic mass is 9.97. The number of benzene rings is 3. The number of aliphatic hydroxyl groups is 1. The second kappa shape index (κ2) is 7.54. The van der Waals surface area contributed by atoms with Crippen LogP contribution < -0.4 is 4.90 Å². The Morgan fingerprint density at radius 2 is 1.66 bits per heavy atom. The summed E-state index contributed by atoms with van der Waals surface area (Å²) < 4.78 is 5.84. The summed E-state index contributed by atoms with van der Waals surface area (Å²) in [6.07, 6.45) is 0. The van der Waals surface area contributed by atoms with E-state index in [-0.39, 0.29) is 11.3 Å². The van der Waals surface area contributed by atoms with Gasteiger partial charge in [-0.05, 0) is 60.5 Å². The molecule has 158 valence electrons. The Hall–Kier alpha value is -4.12. The maximum Gasteiger partial charge on any atom is 0.300 e. The first-order valence-electron chi connectivity index (χ1n) is 10.4. The molecule has 4 aromatic rings. The van der Waals surface area contributed by atoms with Crippen LogP contribution in [-0.2, 0) is 9.59 Å². The molecule has 3 aromatic carbocycles. The lowest BCUT2D eigenvalue weighted by Gasteiger charge is -2.23. The van der Waals surface area contributed by atoms with Crippen LogP contribution in [0.4, 0.5) is 5.69 Å². The molecule has 0 radical (unpaired) electrons. The second-order valence-electron chi connectivity index (χ2n) is 8.02. The van der Waals surface area contributed by atoms with Crippen molar-refractivity contribution in [3.63, 3.8) is 0 Å². The summed E-state index contributed by atoms with van der Waals surface area (Å²) in [5, 5.41) is 13.2. The number of hydrogen-bond acceptors (Lipinski definition) is 4. The van der Waals surface area contributed by atoms with Gasteiger partial charge in [-0.2, -0.15) is 0 Å². The van der Waals surface area contributed by atoms with E-state index in [2.05, 4.69) is 0 Å². The molecule has 1 amide bonds. The summed E-state index contributed by atoms with van der Waals surface area (Å²) in [5.74, 6) is -0.581. The third-order valence-electron chi connectivity index (χ3n) is 5.78. The van der Waals surface area contributed by atoms with Crippen LogP contribution in [0.15, 0.2) is 88.9 Å². The lowest BCUT2D eigenvalue weighted by molar-refractivity contribution is -0.132. The molecular weight excluding hydrogens is 402 g/mol. The van der Waals surface area contributed by atoms with E-state index in [9.17, 15) is 14.7 Å². The number of nitrogens with zero attached hydrogens (tertiary/aromatic N) is 1. The molecule has 32 heavy (non-hydrogen) atoms. The molecule has 1 fully saturated rings. The van der Waals surface area contributed by atoms with Crippen LogP contribution in [0.2, 0.25) is 0 Å². The van der Waals surface area contributed by atoms with Gasteiger partial charge in [0.05, 0.1) is 5.57 Å². The standard InChI is InChI=1S/C27H21NO4/c1-16-6-5-9-21(14-16)28-24(22-13-10-17(2)32-22)23(26(30)27(28)31)25(29)20-12-11-18-7-3-4-8-19(18)15-20/h3-15,24,29H,1-2H3/b25-23-. The summed E-state index contributed by atoms with van der Waals surface area (Å²) >= 11 is 0. The number of anilines is 1. The minimum Gasteiger partial charge on any atom is -0.507 e. The fourth-order valence-electron chi connectivity index (χ4n) is 4.24. The number of hydrogen-bond donors (Lipinski definition) is 1. The van der Waals surface area contributed by atoms with Gasteiger partial charge in [-0.25, -0.2) is 0 Å². The molecule has 1 atom stereocenters. The molecule has 0 saturated carbocycles. The molecule has 5 rings (SSSR count). The van der Waals surface area contributed by atoms with Crippen molar-refractivity contribution >= 4 is 33.9 Å². The topological polar surface area (TPSA) is 70.8 Å². The SMILES string of the molecule is Cc1cccc(N2C(=O)C(=O)/C(=C(\O)c3ccc4ccccc4c3)C2c2ccc(C)o2)c1. The minimum absolute atomic E-state index is 0.0149. The quantitative estimate of drug-likeness (QED) is 0.262. The first-order chi connectivity index (χ1) is 15.4. The van der Waals surface area contributed by atoms with E-state index in [4.69, 9.17) is 4.42 Å². The first-order valence-corrected chi connectivity index (χ1v) is 10.4. The number of Topliss-reactive ketones (excluding diaryl/α,β-unsaturated/α-hetero) is 1. The molecule has 1 aromatic heterocycles. The Morgan fingerprint density at radius 1 is 0.875 bits per heavy atom. The van der Waals surface area contributed by atoms with Crippen LogP contribution in [-0.4, -0.2) is 16.8 Å². The average Bonchev–Trinajstić information content (AvgIpc) is 3.33. The van der Waals surface area contributed by atoms with Crippen molar-refractivity contribution in [2.75, 3.05) is 4.90 Å². The molecule has 1 N–H and O–H groups in total. The van der Waals surface area contributed by atoms with Gasteiger partial charge in [-0.3, -0.25) is 14.5 Å². The number of furan rings is 1. The molecule has 5 heteroatoms. The van der Waals surface area contributed by atoms with Gasteiger partial charge in [0.1, 0.15) is 23.3 Å². The molecule has 2 heterocycles. The fourth-order valence-corrected chi connectivity index (χ4v) is 4.24. The number of aryl methyl sites for hydroxylation is 2. The van der Waals surface area contributed by atoms with Gasteiger partial charge in [0.15, 0.2) is 0 Å². The Bertz CT molecular complexity index is 1410. The zero-order valence-corrected chi connectivity index (χ0v) is 17.7. The van der Waals surface area contributed by atoms with Crippen molar-refractivity contribution in [1.29, 1.82) is 0 Å². The largest absolute Gasteiger partial charge is 0.507 e. The number of aliphatic hydroxyl groups excluding tert-OH is 1. The summed E-state index contributed by atoms with van der Waals surface area (Å²) in [4.78, 5) is 27.8. The van der Waals surface area contributed by atoms with Gasteiger partial charge in [0, 0.05) is 11.3 Å². The van der Waals surface area contributed by atoms with Crippen LogP contribution >= 0.6 is 0 Å². The van der Waals surface area contributed by atoms with Gasteiger partial charge < -0.3 is 9.52 Å². The van der Waals surface area contributed by atoms with Gasteiger partial charge in [0.25, 0.3) is 11.7 Å². The lowest BCUT2D eigenvalue weighted by Crippen LogP contribution is -2.29. The van der Waals surface area contributed by atoms with Gasteiger partial charge in [0.2, 0.25) is 0 Å². The van der Waals surface area contributed by atoms with Crippen molar-refractivity contribution in [3.8, 4) is 0 Å². The molecule has 1 unspecified atom stereocenters. The van der Waals surface area contributed by atoms with E-state index < -0.39 is 17.7 Å². The molecule has 5 nitrogen and oxygen atoms in total. The van der Waals surface area contributed by atoms with Crippen LogP contribution in [0.3, 0.4) is 0 Å². The first kappa shape index (κ1) is 19.8. The predicted molar refractivity (Wildman–Crippen MR) is 123 cm³/mol. The van der Waals surface area contributed by atoms with E-state index in [0.29, 0.717) is 22.8 Å². The zero-order valence-electron chi connectivity index (χ0n) is 17.7. The monoisotopic (exact) mass is 423 g/mol. The Morgan fingerprint density at radius 3 is 2.38 bits per heavy atom. The summed E-state index contributed by atoms with van der Waals surface area (Å²) in [6.45, 7) is 3.72. The smallest absolute Gasteiger partial charge is 0.300 e. The van der Waals surface area contributed by atoms with Gasteiger partial charge in [-0.15, -0.1) is 0 Å². The third kappa shape index (κ3) is 3.19. The maximum absolute atomic E-state index is 13.2. The van der Waals surface area contributed by atoms with E-state index in [1.165, 1.54) is 4.90 Å². The van der Waals surface area contributed by atoms with Crippen LogP contribution in [0.1, 0.15) is 28.7 Å². The molecule has 0 bridgehead atoms. The van der Waals surface area contributed by atoms with E-state index in [1.807, 2.05) is 61.5 Å². The van der Waals surface area contributed by atoms with Crippen LogP contribution in [0.5, 0.6) is 0 Å². The average molecular weight is 423 g/mol. The number of carbonyl (C=O) groups is 2. The molecule has 1 aliphatic heterocycles. The second-order valence-corrected chi connectivity index (χ2v) is 8.02. The Balaban J connectivity index is 1.73. The van der Waals surface area contributed by atoms with Crippen LogP contribution in [0, 0.1) is 13.8 Å². The van der Waals surface area contributed by atoms with E-state index >= 15 is 0 Å². The molecule has 1 aliphatic rings. The molecule has 0 spiro atoms. The Labute approximate surface area is 185 Å². The maximum atomic E-state index is 13.2. The van der Waals surface area contributed by atoms with Crippen molar-refractivity contribution in [2.45, 2.75) is 19.9 Å². The van der Waals surface area contributed by atoms with Crippen molar-refractivity contribution in [2.24, 2.45) is 0 Å². The summed E-state index contributed by atoms with van der Waals surface area (Å²) in [7, 11) is 0. The zero-order chi connectivity index (χ0) is 22.4. The number of fused-ring (bicyclic) bond motifs is 1. The number of amides is 1. The third-order valence-corrected chi connectivity index (χ3v) is 5.78. The fraction of sp³-hybridized carbons (Fsp3) is 0.111. The van der Waals surface area contributed by atoms with E-state index in [0.717, 1.165) is 16.3 Å². The molecule has 0 aliphatic carbocycles.